The molecule has 0 N–H and O–H groups in total. The normalized spacial score (nSPS) is 12.1. The van der Waals surface area contributed by atoms with E-state index in [1.165, 1.54) is 28.9 Å². The van der Waals surface area contributed by atoms with Gasteiger partial charge in [0.1, 0.15) is 11.6 Å². The van der Waals surface area contributed by atoms with Crippen LogP contribution in [0.3, 0.4) is 0 Å². The number of aromatic nitrogens is 4. The SMILES string of the molecule is CC(c1cccc(-c2ncc(OCCCN(C)C)cn2)c1)n1nc(-c2cc(F)cc(F)c2)ccc1=O. The van der Waals surface area contributed by atoms with Crippen LogP contribution in [0.5, 0.6) is 5.75 Å². The minimum atomic E-state index is -0.713. The summed E-state index contributed by atoms with van der Waals surface area (Å²) in [6.07, 6.45) is 4.18. The monoisotopic (exact) mass is 491 g/mol. The fraction of sp³-hybridized carbons (Fsp3) is 0.259. The molecule has 0 spiro atoms. The van der Waals surface area contributed by atoms with Crippen molar-refractivity contribution in [2.24, 2.45) is 0 Å². The molecule has 4 aromatic rings. The fourth-order valence-electron chi connectivity index (χ4n) is 3.75. The maximum absolute atomic E-state index is 13.7. The van der Waals surface area contributed by atoms with Crippen LogP contribution in [0.1, 0.15) is 24.9 Å². The highest BCUT2D eigenvalue weighted by Gasteiger charge is 2.15. The average molecular weight is 492 g/mol. The molecule has 0 fully saturated rings. The van der Waals surface area contributed by atoms with Crippen LogP contribution < -0.4 is 10.3 Å². The van der Waals surface area contributed by atoms with Gasteiger partial charge in [-0.15, -0.1) is 0 Å². The maximum Gasteiger partial charge on any atom is 0.267 e. The van der Waals surface area contributed by atoms with Gasteiger partial charge in [-0.05, 0) is 57.3 Å². The molecular formula is C27H27F2N5O2. The molecule has 0 radical (unpaired) electrons. The lowest BCUT2D eigenvalue weighted by Gasteiger charge is -2.16. The Morgan fingerprint density at radius 3 is 2.39 bits per heavy atom. The van der Waals surface area contributed by atoms with Crippen molar-refractivity contribution in [3.63, 3.8) is 0 Å². The van der Waals surface area contributed by atoms with Crippen LogP contribution in [0.15, 0.2) is 71.8 Å². The second-order valence-electron chi connectivity index (χ2n) is 8.71. The Kier molecular flexibility index (Phi) is 7.80. The standard InChI is InChI=1S/C27H27F2N5O2/c1-18(34-26(35)9-8-25(32-34)21-13-22(28)15-23(29)14-21)19-6-4-7-20(12-19)27-30-16-24(17-31-27)36-11-5-10-33(2)3/h4,6-9,12-18H,5,10-11H2,1-3H3. The topological polar surface area (TPSA) is 73.1 Å². The van der Waals surface area contributed by atoms with E-state index in [0.717, 1.165) is 30.2 Å². The Balaban J connectivity index is 1.54. The van der Waals surface area contributed by atoms with Gasteiger partial charge in [-0.25, -0.2) is 23.4 Å². The van der Waals surface area contributed by atoms with Crippen molar-refractivity contribution in [1.82, 2.24) is 24.6 Å². The van der Waals surface area contributed by atoms with E-state index in [-0.39, 0.29) is 11.1 Å². The van der Waals surface area contributed by atoms with Gasteiger partial charge in [0.05, 0.1) is 30.7 Å². The van der Waals surface area contributed by atoms with Crippen LogP contribution >= 0.6 is 0 Å². The molecule has 36 heavy (non-hydrogen) atoms. The van der Waals surface area contributed by atoms with Crippen LogP contribution in [0, 0.1) is 11.6 Å². The summed E-state index contributed by atoms with van der Waals surface area (Å²) in [6.45, 7) is 3.34. The van der Waals surface area contributed by atoms with Crippen LogP contribution in [-0.2, 0) is 0 Å². The zero-order valence-corrected chi connectivity index (χ0v) is 20.4. The number of halogens is 2. The molecule has 2 heterocycles. The molecular weight excluding hydrogens is 464 g/mol. The molecule has 0 aliphatic rings. The van der Waals surface area contributed by atoms with Gasteiger partial charge in [-0.3, -0.25) is 4.79 Å². The zero-order valence-electron chi connectivity index (χ0n) is 20.4. The van der Waals surface area contributed by atoms with Crippen LogP contribution in [-0.4, -0.2) is 51.9 Å². The summed E-state index contributed by atoms with van der Waals surface area (Å²) >= 11 is 0. The second-order valence-corrected chi connectivity index (χ2v) is 8.71. The Bertz CT molecular complexity index is 1370. The van der Waals surface area contributed by atoms with E-state index >= 15 is 0 Å². The summed E-state index contributed by atoms with van der Waals surface area (Å²) in [5.74, 6) is -0.303. The molecule has 1 unspecified atom stereocenters. The van der Waals surface area contributed by atoms with Gasteiger partial charge < -0.3 is 9.64 Å². The summed E-state index contributed by atoms with van der Waals surface area (Å²) in [5, 5.41) is 4.38. The summed E-state index contributed by atoms with van der Waals surface area (Å²) in [4.78, 5) is 23.5. The van der Waals surface area contributed by atoms with Crippen molar-refractivity contribution in [2.45, 2.75) is 19.4 Å². The van der Waals surface area contributed by atoms with Gasteiger partial charge in [0.2, 0.25) is 0 Å². The van der Waals surface area contributed by atoms with E-state index in [1.807, 2.05) is 45.3 Å². The first-order valence-electron chi connectivity index (χ1n) is 11.6. The fourth-order valence-corrected chi connectivity index (χ4v) is 3.75. The van der Waals surface area contributed by atoms with Gasteiger partial charge in [0.25, 0.3) is 5.56 Å². The Morgan fingerprint density at radius 1 is 0.972 bits per heavy atom. The molecule has 0 saturated carbocycles. The third-order valence-corrected chi connectivity index (χ3v) is 5.62. The first-order chi connectivity index (χ1) is 17.3. The predicted octanol–water partition coefficient (Wildman–Crippen LogP) is 4.59. The van der Waals surface area contributed by atoms with Crippen molar-refractivity contribution in [1.29, 1.82) is 0 Å². The molecule has 0 amide bonds. The largest absolute Gasteiger partial charge is 0.490 e. The third-order valence-electron chi connectivity index (χ3n) is 5.62. The molecule has 4 rings (SSSR count). The second kappa shape index (κ2) is 11.2. The molecule has 186 valence electrons. The van der Waals surface area contributed by atoms with E-state index in [0.29, 0.717) is 23.9 Å². The zero-order chi connectivity index (χ0) is 25.7. The molecule has 0 saturated heterocycles. The number of hydrogen-bond acceptors (Lipinski definition) is 6. The molecule has 1 atom stereocenters. The average Bonchev–Trinajstić information content (AvgIpc) is 2.86. The van der Waals surface area contributed by atoms with E-state index in [4.69, 9.17) is 4.74 Å². The van der Waals surface area contributed by atoms with Crippen molar-refractivity contribution >= 4 is 0 Å². The molecule has 7 nitrogen and oxygen atoms in total. The van der Waals surface area contributed by atoms with Gasteiger partial charge in [0, 0.05) is 29.8 Å². The van der Waals surface area contributed by atoms with Crippen molar-refractivity contribution < 1.29 is 13.5 Å². The Morgan fingerprint density at radius 2 is 1.69 bits per heavy atom. The molecule has 0 aliphatic heterocycles. The third kappa shape index (κ3) is 6.17. The van der Waals surface area contributed by atoms with Crippen molar-refractivity contribution in [3.8, 4) is 28.4 Å². The molecule has 2 aromatic heterocycles. The quantitative estimate of drug-likeness (QED) is 0.319. The first kappa shape index (κ1) is 25.1. The maximum atomic E-state index is 13.7. The lowest BCUT2D eigenvalue weighted by Crippen LogP contribution is -2.26. The Labute approximate surface area is 208 Å². The molecule has 2 aromatic carbocycles. The van der Waals surface area contributed by atoms with Gasteiger partial charge in [0.15, 0.2) is 11.6 Å². The number of ether oxygens (including phenoxy) is 1. The highest BCUT2D eigenvalue weighted by molar-refractivity contribution is 5.59. The lowest BCUT2D eigenvalue weighted by atomic mass is 10.0. The van der Waals surface area contributed by atoms with Crippen LogP contribution in [0.4, 0.5) is 8.78 Å². The number of hydrogen-bond donors (Lipinski definition) is 0. The lowest BCUT2D eigenvalue weighted by molar-refractivity contribution is 0.280. The van der Waals surface area contributed by atoms with Gasteiger partial charge in [-0.2, -0.15) is 5.10 Å². The van der Waals surface area contributed by atoms with E-state index in [2.05, 4.69) is 20.0 Å². The predicted molar refractivity (Wildman–Crippen MR) is 134 cm³/mol. The minimum Gasteiger partial charge on any atom is -0.490 e. The smallest absolute Gasteiger partial charge is 0.267 e. The first-order valence-corrected chi connectivity index (χ1v) is 11.6. The number of nitrogens with zero attached hydrogens (tertiary/aromatic N) is 5. The molecule has 0 aliphatic carbocycles. The highest BCUT2D eigenvalue weighted by atomic mass is 19.1. The van der Waals surface area contributed by atoms with E-state index in [1.54, 1.807) is 12.4 Å². The Hall–Kier alpha value is -3.98. The van der Waals surface area contributed by atoms with Crippen LogP contribution in [0.2, 0.25) is 0 Å². The minimum absolute atomic E-state index is 0.250. The molecule has 9 heteroatoms. The van der Waals surface area contributed by atoms with Crippen molar-refractivity contribution in [3.05, 3.63) is 94.5 Å². The van der Waals surface area contributed by atoms with Crippen LogP contribution in [0.25, 0.3) is 22.6 Å². The van der Waals surface area contributed by atoms with Crippen molar-refractivity contribution in [2.75, 3.05) is 27.2 Å². The summed E-state index contributed by atoms with van der Waals surface area (Å²) in [6, 6.07) is 13.0. The van der Waals surface area contributed by atoms with Gasteiger partial charge in [-0.1, -0.05) is 18.2 Å². The van der Waals surface area contributed by atoms with Gasteiger partial charge >= 0.3 is 0 Å². The highest BCUT2D eigenvalue weighted by Crippen LogP contribution is 2.24. The summed E-state index contributed by atoms with van der Waals surface area (Å²) in [7, 11) is 4.03. The summed E-state index contributed by atoms with van der Waals surface area (Å²) in [5.41, 5.74) is 1.79. The van der Waals surface area contributed by atoms with E-state index < -0.39 is 17.7 Å². The molecule has 0 bridgehead atoms. The number of rotatable bonds is 9. The number of benzene rings is 2. The summed E-state index contributed by atoms with van der Waals surface area (Å²) < 4.78 is 34.4. The van der Waals surface area contributed by atoms with E-state index in [9.17, 15) is 13.6 Å².